The van der Waals surface area contributed by atoms with Crippen molar-refractivity contribution >= 4 is 39.2 Å². The van der Waals surface area contributed by atoms with E-state index in [1.165, 1.54) is 16.4 Å². The zero-order chi connectivity index (χ0) is 18.6. The Morgan fingerprint density at radius 2 is 2.00 bits per heavy atom. The summed E-state index contributed by atoms with van der Waals surface area (Å²) in [5.41, 5.74) is -0.0630. The summed E-state index contributed by atoms with van der Waals surface area (Å²) < 4.78 is 42.6. The Morgan fingerprint density at radius 1 is 1.36 bits per heavy atom. The molecule has 1 fully saturated rings. The van der Waals surface area contributed by atoms with Crippen molar-refractivity contribution in [1.29, 1.82) is 0 Å². The van der Waals surface area contributed by atoms with E-state index in [2.05, 4.69) is 5.32 Å². The van der Waals surface area contributed by atoms with Gasteiger partial charge in [-0.15, -0.1) is 0 Å². The van der Waals surface area contributed by atoms with Gasteiger partial charge < -0.3 is 10.1 Å². The molecule has 7 nitrogen and oxygen atoms in total. The number of anilines is 1. The molecule has 10 heteroatoms. The van der Waals surface area contributed by atoms with E-state index >= 15 is 0 Å². The fraction of sp³-hybridized carbons (Fsp3) is 0.467. The second-order valence-electron chi connectivity index (χ2n) is 5.72. The first kappa shape index (κ1) is 19.6. The third-order valence-electron chi connectivity index (χ3n) is 3.81. The molecule has 0 aliphatic carbocycles. The number of esters is 1. The third kappa shape index (κ3) is 5.65. The van der Waals surface area contributed by atoms with Crippen LogP contribution < -0.4 is 5.32 Å². The monoisotopic (exact) mass is 392 g/mol. The van der Waals surface area contributed by atoms with Gasteiger partial charge in [-0.05, 0) is 31.0 Å². The molecule has 1 aromatic rings. The highest BCUT2D eigenvalue weighted by molar-refractivity contribution is 7.88. The maximum atomic E-state index is 13.6. The average molecular weight is 393 g/mol. The van der Waals surface area contributed by atoms with E-state index in [4.69, 9.17) is 16.3 Å². The van der Waals surface area contributed by atoms with Crippen molar-refractivity contribution in [3.63, 3.8) is 0 Å². The molecule has 1 aliphatic rings. The fourth-order valence-corrected chi connectivity index (χ4v) is 3.49. The second kappa shape index (κ2) is 8.11. The normalized spacial score (nSPS) is 16.4. The van der Waals surface area contributed by atoms with Crippen LogP contribution in [0.15, 0.2) is 18.2 Å². The minimum absolute atomic E-state index is 0.0630. The molecule has 0 unspecified atom stereocenters. The summed E-state index contributed by atoms with van der Waals surface area (Å²) in [5, 5.41) is 2.48. The Hall–Kier alpha value is -1.71. The van der Waals surface area contributed by atoms with Crippen LogP contribution in [0, 0.1) is 11.7 Å². The highest BCUT2D eigenvalue weighted by Gasteiger charge is 2.30. The Bertz CT molecular complexity index is 763. The van der Waals surface area contributed by atoms with Crippen LogP contribution in [0.25, 0.3) is 0 Å². The molecule has 0 bridgehead atoms. The number of ether oxygens (including phenoxy) is 1. The van der Waals surface area contributed by atoms with Crippen LogP contribution in [0.5, 0.6) is 0 Å². The molecule has 0 spiro atoms. The van der Waals surface area contributed by atoms with Gasteiger partial charge in [-0.1, -0.05) is 11.6 Å². The zero-order valence-corrected chi connectivity index (χ0v) is 15.1. The number of halogens is 2. The van der Waals surface area contributed by atoms with E-state index in [1.807, 2.05) is 0 Å². The molecule has 1 aliphatic heterocycles. The van der Waals surface area contributed by atoms with E-state index in [1.54, 1.807) is 0 Å². The van der Waals surface area contributed by atoms with Crippen molar-refractivity contribution in [3.8, 4) is 0 Å². The molecule has 0 saturated carbocycles. The number of carbonyl (C=O) groups excluding carboxylic acids is 2. The topological polar surface area (TPSA) is 92.8 Å². The highest BCUT2D eigenvalue weighted by atomic mass is 35.5. The van der Waals surface area contributed by atoms with Crippen LogP contribution in [-0.4, -0.2) is 50.6 Å². The minimum atomic E-state index is -3.27. The Labute approximate surface area is 150 Å². The minimum Gasteiger partial charge on any atom is -0.455 e. The van der Waals surface area contributed by atoms with Gasteiger partial charge in [0.05, 0.1) is 17.9 Å². The first-order valence-electron chi connectivity index (χ1n) is 7.53. The predicted molar refractivity (Wildman–Crippen MR) is 90.1 cm³/mol. The zero-order valence-electron chi connectivity index (χ0n) is 13.5. The van der Waals surface area contributed by atoms with E-state index in [-0.39, 0.29) is 23.8 Å². The number of amides is 1. The van der Waals surface area contributed by atoms with E-state index < -0.39 is 40.2 Å². The average Bonchev–Trinajstić information content (AvgIpc) is 2.54. The summed E-state index contributed by atoms with van der Waals surface area (Å²) in [6, 6.07) is 3.78. The van der Waals surface area contributed by atoms with Crippen LogP contribution >= 0.6 is 11.6 Å². The van der Waals surface area contributed by atoms with Gasteiger partial charge in [0.15, 0.2) is 6.61 Å². The highest BCUT2D eigenvalue weighted by Crippen LogP contribution is 2.21. The van der Waals surface area contributed by atoms with Crippen molar-refractivity contribution in [2.75, 3.05) is 31.3 Å². The number of hydrogen-bond donors (Lipinski definition) is 1. The van der Waals surface area contributed by atoms with Gasteiger partial charge in [-0.3, -0.25) is 9.59 Å². The fourth-order valence-electron chi connectivity index (χ4n) is 2.45. The molecule has 1 heterocycles. The second-order valence-corrected chi connectivity index (χ2v) is 8.14. The van der Waals surface area contributed by atoms with Gasteiger partial charge in [0.1, 0.15) is 5.82 Å². The number of hydrogen-bond acceptors (Lipinski definition) is 5. The van der Waals surface area contributed by atoms with Crippen molar-refractivity contribution in [1.82, 2.24) is 4.31 Å². The molecule has 1 saturated heterocycles. The van der Waals surface area contributed by atoms with E-state index in [9.17, 15) is 22.4 Å². The van der Waals surface area contributed by atoms with Gasteiger partial charge in [-0.2, -0.15) is 0 Å². The van der Waals surface area contributed by atoms with Crippen LogP contribution in [0.1, 0.15) is 12.8 Å². The molecule has 0 aromatic heterocycles. The van der Waals surface area contributed by atoms with Crippen molar-refractivity contribution in [2.45, 2.75) is 12.8 Å². The molecule has 2 rings (SSSR count). The predicted octanol–water partition coefficient (Wildman–Crippen LogP) is 1.63. The van der Waals surface area contributed by atoms with Crippen LogP contribution in [0.2, 0.25) is 5.02 Å². The number of nitrogens with one attached hydrogen (secondary N) is 1. The van der Waals surface area contributed by atoms with Crippen molar-refractivity contribution in [3.05, 3.63) is 29.0 Å². The summed E-state index contributed by atoms with van der Waals surface area (Å²) >= 11 is 5.62. The van der Waals surface area contributed by atoms with Crippen molar-refractivity contribution < 1.29 is 27.1 Å². The SMILES string of the molecule is CS(=O)(=O)N1CCC(C(=O)OCC(=O)Nc2ccc(Cl)cc2F)CC1. The maximum absolute atomic E-state index is 13.6. The number of rotatable bonds is 5. The summed E-state index contributed by atoms with van der Waals surface area (Å²) in [5.74, 6) is -2.40. The van der Waals surface area contributed by atoms with Crippen LogP contribution in [-0.2, 0) is 24.3 Å². The quantitative estimate of drug-likeness (QED) is 0.769. The maximum Gasteiger partial charge on any atom is 0.309 e. The molecular formula is C15H18ClFN2O5S. The summed E-state index contributed by atoms with van der Waals surface area (Å²) in [6.07, 6.45) is 1.78. The smallest absolute Gasteiger partial charge is 0.309 e. The molecule has 1 aromatic carbocycles. The van der Waals surface area contributed by atoms with E-state index in [0.717, 1.165) is 12.3 Å². The summed E-state index contributed by atoms with van der Waals surface area (Å²) in [6.45, 7) is -0.0746. The Morgan fingerprint density at radius 3 is 2.56 bits per heavy atom. The lowest BCUT2D eigenvalue weighted by molar-refractivity contribution is -0.152. The lowest BCUT2D eigenvalue weighted by atomic mass is 9.98. The summed E-state index contributed by atoms with van der Waals surface area (Å²) in [7, 11) is -3.27. The third-order valence-corrected chi connectivity index (χ3v) is 5.35. The lowest BCUT2D eigenvalue weighted by Gasteiger charge is -2.28. The van der Waals surface area contributed by atoms with Gasteiger partial charge in [0.25, 0.3) is 5.91 Å². The summed E-state index contributed by atoms with van der Waals surface area (Å²) in [4.78, 5) is 23.7. The van der Waals surface area contributed by atoms with Crippen molar-refractivity contribution in [2.24, 2.45) is 5.92 Å². The lowest BCUT2D eigenvalue weighted by Crippen LogP contribution is -2.40. The Balaban J connectivity index is 1.79. The van der Waals surface area contributed by atoms with Gasteiger partial charge in [-0.25, -0.2) is 17.1 Å². The Kier molecular flexibility index (Phi) is 6.36. The standard InChI is InChI=1S/C15H18ClFN2O5S/c1-25(22,23)19-6-4-10(5-7-19)15(21)24-9-14(20)18-13-3-2-11(16)8-12(13)17/h2-3,8,10H,4-7,9H2,1H3,(H,18,20). The number of benzene rings is 1. The number of nitrogens with zero attached hydrogens (tertiary/aromatic N) is 1. The number of sulfonamides is 1. The first-order valence-corrected chi connectivity index (χ1v) is 9.76. The van der Waals surface area contributed by atoms with Gasteiger partial charge in [0.2, 0.25) is 10.0 Å². The number of carbonyl (C=O) groups is 2. The molecule has 0 atom stereocenters. The largest absolute Gasteiger partial charge is 0.455 e. The van der Waals surface area contributed by atoms with Crippen LogP contribution in [0.4, 0.5) is 10.1 Å². The van der Waals surface area contributed by atoms with E-state index in [0.29, 0.717) is 12.8 Å². The van der Waals surface area contributed by atoms with Gasteiger partial charge >= 0.3 is 5.97 Å². The molecular weight excluding hydrogens is 375 g/mol. The van der Waals surface area contributed by atoms with Crippen LogP contribution in [0.3, 0.4) is 0 Å². The number of piperidine rings is 1. The first-order chi connectivity index (χ1) is 11.7. The molecule has 0 radical (unpaired) electrons. The molecule has 25 heavy (non-hydrogen) atoms. The van der Waals surface area contributed by atoms with Gasteiger partial charge in [0, 0.05) is 18.1 Å². The molecule has 138 valence electrons. The molecule has 1 amide bonds. The molecule has 1 N–H and O–H groups in total.